The number of carbonyl (C=O) groups excluding carboxylic acids is 1. The van der Waals surface area contributed by atoms with Gasteiger partial charge in [-0.1, -0.05) is 24.3 Å². The van der Waals surface area contributed by atoms with Gasteiger partial charge in [0.15, 0.2) is 0 Å². The van der Waals surface area contributed by atoms with Crippen molar-refractivity contribution in [3.05, 3.63) is 54.7 Å². The van der Waals surface area contributed by atoms with Gasteiger partial charge in [0.25, 0.3) is 0 Å². The van der Waals surface area contributed by atoms with Gasteiger partial charge in [0, 0.05) is 42.4 Å². The van der Waals surface area contributed by atoms with E-state index in [9.17, 15) is 4.79 Å². The molecule has 1 amide bonds. The van der Waals surface area contributed by atoms with Crippen molar-refractivity contribution in [3.63, 3.8) is 0 Å². The highest BCUT2D eigenvalue weighted by atomic mass is 32.2. The fourth-order valence-corrected chi connectivity index (χ4v) is 3.58. The number of aromatic nitrogens is 1. The Morgan fingerprint density at radius 3 is 2.83 bits per heavy atom. The topological polar surface area (TPSA) is 45.2 Å². The summed E-state index contributed by atoms with van der Waals surface area (Å²) in [6.45, 7) is 1.79. The fraction of sp³-hybridized carbons (Fsp3) is 0.333. The average molecular weight is 327 g/mol. The summed E-state index contributed by atoms with van der Waals surface area (Å²) in [5, 5.41) is 3.14. The van der Waals surface area contributed by atoms with Gasteiger partial charge in [-0.15, -0.1) is 11.8 Å². The first kappa shape index (κ1) is 15.9. The molecular formula is C18H21N3OS. The number of hydrogen-bond donors (Lipinski definition) is 1. The predicted octanol–water partition coefficient (Wildman–Crippen LogP) is 2.96. The number of hydrogen-bond acceptors (Lipinski definition) is 4. The molecule has 0 saturated carbocycles. The third kappa shape index (κ3) is 4.73. The van der Waals surface area contributed by atoms with Crippen LogP contribution in [0.1, 0.15) is 12.8 Å². The van der Waals surface area contributed by atoms with Crippen LogP contribution in [0.15, 0.2) is 59.6 Å². The van der Waals surface area contributed by atoms with Crippen molar-refractivity contribution in [1.29, 1.82) is 0 Å². The lowest BCUT2D eigenvalue weighted by atomic mass is 10.2. The normalized spacial score (nSPS) is 17.2. The Kier molecular flexibility index (Phi) is 5.53. The van der Waals surface area contributed by atoms with Gasteiger partial charge >= 0.3 is 0 Å². The van der Waals surface area contributed by atoms with Gasteiger partial charge in [-0.3, -0.25) is 4.79 Å². The lowest BCUT2D eigenvalue weighted by Gasteiger charge is -2.17. The predicted molar refractivity (Wildman–Crippen MR) is 94.8 cm³/mol. The number of thioether (sulfide) groups is 1. The van der Waals surface area contributed by atoms with Gasteiger partial charge in [-0.25, -0.2) is 4.98 Å². The van der Waals surface area contributed by atoms with E-state index in [2.05, 4.69) is 27.3 Å². The minimum Gasteiger partial charge on any atom is -0.354 e. The van der Waals surface area contributed by atoms with Gasteiger partial charge < -0.3 is 10.2 Å². The van der Waals surface area contributed by atoms with E-state index in [1.807, 2.05) is 42.6 Å². The molecule has 1 atom stereocenters. The first-order valence-corrected chi connectivity index (χ1v) is 8.93. The molecule has 1 aliphatic heterocycles. The van der Waals surface area contributed by atoms with Crippen molar-refractivity contribution in [3.8, 4) is 0 Å². The first-order valence-electron chi connectivity index (χ1n) is 7.94. The van der Waals surface area contributed by atoms with Crippen LogP contribution in [0.2, 0.25) is 0 Å². The van der Waals surface area contributed by atoms with Crippen molar-refractivity contribution in [1.82, 2.24) is 10.3 Å². The molecular weight excluding hydrogens is 306 g/mol. The van der Waals surface area contributed by atoms with E-state index in [-0.39, 0.29) is 11.9 Å². The standard InChI is InChI=1S/C18H21N3OS/c22-18(10-13-23-16-6-2-1-3-7-16)20-15-9-12-21(14-15)17-8-4-5-11-19-17/h1-8,11,15H,9-10,12-14H2,(H,20,22)/t15-/m0/s1. The largest absolute Gasteiger partial charge is 0.354 e. The number of nitrogens with zero attached hydrogens (tertiary/aromatic N) is 2. The lowest BCUT2D eigenvalue weighted by molar-refractivity contribution is -0.121. The summed E-state index contributed by atoms with van der Waals surface area (Å²) in [7, 11) is 0. The highest BCUT2D eigenvalue weighted by molar-refractivity contribution is 7.99. The van der Waals surface area contributed by atoms with Crippen LogP contribution in [0.3, 0.4) is 0 Å². The summed E-state index contributed by atoms with van der Waals surface area (Å²) in [4.78, 5) is 19.9. The van der Waals surface area contributed by atoms with E-state index >= 15 is 0 Å². The number of rotatable bonds is 6. The maximum absolute atomic E-state index is 12.1. The summed E-state index contributed by atoms with van der Waals surface area (Å²) in [5.41, 5.74) is 0. The highest BCUT2D eigenvalue weighted by Crippen LogP contribution is 2.19. The van der Waals surface area contributed by atoms with E-state index in [0.717, 1.165) is 31.1 Å². The molecule has 4 nitrogen and oxygen atoms in total. The summed E-state index contributed by atoms with van der Waals surface area (Å²) in [5.74, 6) is 1.94. The molecule has 120 valence electrons. The van der Waals surface area contributed by atoms with Crippen molar-refractivity contribution in [2.24, 2.45) is 0 Å². The molecule has 0 spiro atoms. The van der Waals surface area contributed by atoms with Crippen LogP contribution in [0.25, 0.3) is 0 Å². The molecule has 1 aromatic carbocycles. The number of nitrogens with one attached hydrogen (secondary N) is 1. The molecule has 3 rings (SSSR count). The van der Waals surface area contributed by atoms with E-state index in [1.54, 1.807) is 11.8 Å². The summed E-state index contributed by atoms with van der Waals surface area (Å²) >= 11 is 1.72. The molecule has 1 N–H and O–H groups in total. The SMILES string of the molecule is O=C(CCSc1ccccc1)N[C@H]1CCN(c2ccccn2)C1. The van der Waals surface area contributed by atoms with Crippen LogP contribution < -0.4 is 10.2 Å². The van der Waals surface area contributed by atoms with Crippen LogP contribution in [0.5, 0.6) is 0 Å². The number of carbonyl (C=O) groups is 1. The van der Waals surface area contributed by atoms with Crippen molar-refractivity contribution in [2.75, 3.05) is 23.7 Å². The van der Waals surface area contributed by atoms with Crippen molar-refractivity contribution in [2.45, 2.75) is 23.8 Å². The van der Waals surface area contributed by atoms with E-state index in [0.29, 0.717) is 6.42 Å². The van der Waals surface area contributed by atoms with Crippen molar-refractivity contribution < 1.29 is 4.79 Å². The zero-order valence-electron chi connectivity index (χ0n) is 13.0. The average Bonchev–Trinajstić information content (AvgIpc) is 3.05. The zero-order chi connectivity index (χ0) is 15.9. The second kappa shape index (κ2) is 8.02. The summed E-state index contributed by atoms with van der Waals surface area (Å²) in [6.07, 6.45) is 3.34. The molecule has 23 heavy (non-hydrogen) atoms. The van der Waals surface area contributed by atoms with Gasteiger partial charge in [0.05, 0.1) is 0 Å². The molecule has 2 heterocycles. The molecule has 1 saturated heterocycles. The molecule has 1 aliphatic rings. The molecule has 1 aromatic heterocycles. The maximum Gasteiger partial charge on any atom is 0.221 e. The molecule has 0 aliphatic carbocycles. The minimum atomic E-state index is 0.140. The zero-order valence-corrected chi connectivity index (χ0v) is 13.8. The van der Waals surface area contributed by atoms with Crippen molar-refractivity contribution >= 4 is 23.5 Å². The van der Waals surface area contributed by atoms with Crippen LogP contribution in [-0.2, 0) is 4.79 Å². The van der Waals surface area contributed by atoms with E-state index < -0.39 is 0 Å². The molecule has 0 bridgehead atoms. The fourth-order valence-electron chi connectivity index (χ4n) is 2.71. The molecule has 0 radical (unpaired) electrons. The Hall–Kier alpha value is -2.01. The third-order valence-electron chi connectivity index (χ3n) is 3.87. The van der Waals surface area contributed by atoms with Gasteiger partial charge in [-0.05, 0) is 30.7 Å². The number of anilines is 1. The molecule has 0 unspecified atom stereocenters. The quantitative estimate of drug-likeness (QED) is 0.829. The lowest BCUT2D eigenvalue weighted by Crippen LogP contribution is -2.37. The number of pyridine rings is 1. The van der Waals surface area contributed by atoms with E-state index in [1.165, 1.54) is 4.90 Å². The Balaban J connectivity index is 1.39. The Labute approximate surface area is 141 Å². The monoisotopic (exact) mass is 327 g/mol. The first-order chi connectivity index (χ1) is 11.3. The third-order valence-corrected chi connectivity index (χ3v) is 4.88. The highest BCUT2D eigenvalue weighted by Gasteiger charge is 2.24. The Morgan fingerprint density at radius 1 is 1.22 bits per heavy atom. The van der Waals surface area contributed by atoms with Gasteiger partial charge in [0.2, 0.25) is 5.91 Å². The maximum atomic E-state index is 12.1. The molecule has 1 fully saturated rings. The van der Waals surface area contributed by atoms with E-state index in [4.69, 9.17) is 0 Å². The van der Waals surface area contributed by atoms with Crippen LogP contribution >= 0.6 is 11.8 Å². The molecule has 2 aromatic rings. The number of amides is 1. The minimum absolute atomic E-state index is 0.140. The molecule has 5 heteroatoms. The van der Waals surface area contributed by atoms with Gasteiger partial charge in [0.1, 0.15) is 5.82 Å². The second-order valence-corrected chi connectivity index (χ2v) is 6.77. The Bertz CT molecular complexity index is 621. The Morgan fingerprint density at radius 2 is 2.04 bits per heavy atom. The summed E-state index contributed by atoms with van der Waals surface area (Å²) in [6, 6.07) is 16.4. The second-order valence-electron chi connectivity index (χ2n) is 5.60. The van der Waals surface area contributed by atoms with Gasteiger partial charge in [-0.2, -0.15) is 0 Å². The smallest absolute Gasteiger partial charge is 0.221 e. The number of benzene rings is 1. The van der Waals surface area contributed by atoms with Crippen LogP contribution in [-0.4, -0.2) is 35.8 Å². The van der Waals surface area contributed by atoms with Crippen LogP contribution in [0, 0.1) is 0 Å². The summed E-state index contributed by atoms with van der Waals surface area (Å²) < 4.78 is 0. The van der Waals surface area contributed by atoms with Crippen LogP contribution in [0.4, 0.5) is 5.82 Å².